The van der Waals surface area contributed by atoms with Gasteiger partial charge in [0.2, 0.25) is 0 Å². The maximum atomic E-state index is 11.3. The lowest BCUT2D eigenvalue weighted by atomic mass is 10.1. The van der Waals surface area contributed by atoms with E-state index in [-0.39, 0.29) is 11.6 Å². The highest BCUT2D eigenvalue weighted by Gasteiger charge is 2.19. The number of ketones is 1. The van der Waals surface area contributed by atoms with Gasteiger partial charge in [0.15, 0.2) is 5.78 Å². The fourth-order valence-electron chi connectivity index (χ4n) is 1.62. The zero-order chi connectivity index (χ0) is 9.42. The third-order valence-corrected chi connectivity index (χ3v) is 2.34. The molecule has 0 saturated carbocycles. The molecular formula is C10H10N2O. The Hall–Kier alpha value is -1.64. The van der Waals surface area contributed by atoms with E-state index in [2.05, 4.69) is 0 Å². The van der Waals surface area contributed by atoms with Crippen molar-refractivity contribution in [1.29, 1.82) is 5.41 Å². The van der Waals surface area contributed by atoms with Gasteiger partial charge in [0, 0.05) is 17.5 Å². The average molecular weight is 174 g/mol. The largest absolute Gasteiger partial charge is 0.384 e. The van der Waals surface area contributed by atoms with Crippen LogP contribution in [0.5, 0.6) is 0 Å². The van der Waals surface area contributed by atoms with Crippen molar-refractivity contribution in [3.05, 3.63) is 34.9 Å². The minimum absolute atomic E-state index is 0.0575. The molecule has 0 aliphatic heterocycles. The summed E-state index contributed by atoms with van der Waals surface area (Å²) in [5.41, 5.74) is 7.87. The Kier molecular flexibility index (Phi) is 1.65. The predicted octanol–water partition coefficient (Wildman–Crippen LogP) is 1.10. The molecule has 0 heterocycles. The first-order valence-electron chi connectivity index (χ1n) is 4.19. The first-order valence-corrected chi connectivity index (χ1v) is 4.19. The number of fused-ring (bicyclic) bond motifs is 1. The molecule has 0 aromatic heterocycles. The normalized spacial score (nSPS) is 14.3. The molecule has 1 aromatic rings. The number of rotatable bonds is 1. The van der Waals surface area contributed by atoms with Crippen LogP contribution in [0.25, 0.3) is 0 Å². The lowest BCUT2D eigenvalue weighted by Crippen LogP contribution is -2.11. The van der Waals surface area contributed by atoms with Gasteiger partial charge < -0.3 is 5.73 Å². The molecule has 2 rings (SSSR count). The van der Waals surface area contributed by atoms with Crippen molar-refractivity contribution >= 4 is 11.6 Å². The van der Waals surface area contributed by atoms with E-state index in [9.17, 15) is 4.79 Å². The minimum atomic E-state index is 0.0575. The number of nitrogens with one attached hydrogen (secondary N) is 1. The van der Waals surface area contributed by atoms with E-state index < -0.39 is 0 Å². The molecule has 3 heteroatoms. The second kappa shape index (κ2) is 2.69. The molecule has 1 aliphatic carbocycles. The molecule has 0 fully saturated rings. The molecule has 0 unspecified atom stereocenters. The lowest BCUT2D eigenvalue weighted by molar-refractivity contribution is 0.0994. The van der Waals surface area contributed by atoms with Crippen molar-refractivity contribution in [2.75, 3.05) is 0 Å². The highest BCUT2D eigenvalue weighted by Crippen LogP contribution is 2.22. The van der Waals surface area contributed by atoms with Gasteiger partial charge in [0.05, 0.1) is 0 Å². The average Bonchev–Trinajstić information content (AvgIpc) is 2.47. The number of aryl methyl sites for hydroxylation is 1. The Morgan fingerprint density at radius 1 is 1.38 bits per heavy atom. The third-order valence-electron chi connectivity index (χ3n) is 2.34. The van der Waals surface area contributed by atoms with Gasteiger partial charge in [0.1, 0.15) is 5.84 Å². The van der Waals surface area contributed by atoms with Crippen LogP contribution < -0.4 is 5.73 Å². The number of amidine groups is 1. The molecule has 3 N–H and O–H groups in total. The van der Waals surface area contributed by atoms with Crippen molar-refractivity contribution in [2.45, 2.75) is 12.8 Å². The predicted molar refractivity (Wildman–Crippen MR) is 50.1 cm³/mol. The molecular weight excluding hydrogens is 164 g/mol. The third kappa shape index (κ3) is 1.22. The summed E-state index contributed by atoms with van der Waals surface area (Å²) in [6.07, 6.45) is 1.38. The molecule has 13 heavy (non-hydrogen) atoms. The highest BCUT2D eigenvalue weighted by molar-refractivity contribution is 6.02. The first kappa shape index (κ1) is 7.98. The minimum Gasteiger partial charge on any atom is -0.384 e. The van der Waals surface area contributed by atoms with Crippen LogP contribution in [0.15, 0.2) is 18.2 Å². The maximum Gasteiger partial charge on any atom is 0.163 e. The quantitative estimate of drug-likeness (QED) is 0.494. The Morgan fingerprint density at radius 2 is 2.15 bits per heavy atom. The summed E-state index contributed by atoms with van der Waals surface area (Å²) in [5.74, 6) is 0.257. The number of carbonyl (C=O) groups excluding carboxylic acids is 1. The summed E-state index contributed by atoms with van der Waals surface area (Å²) in [6.45, 7) is 0. The lowest BCUT2D eigenvalue weighted by Gasteiger charge is -2.01. The molecule has 0 amide bonds. The van der Waals surface area contributed by atoms with Gasteiger partial charge in [-0.25, -0.2) is 0 Å². The van der Waals surface area contributed by atoms with Crippen molar-refractivity contribution < 1.29 is 4.79 Å². The van der Waals surface area contributed by atoms with E-state index in [1.165, 1.54) is 0 Å². The van der Waals surface area contributed by atoms with Gasteiger partial charge in [-0.15, -0.1) is 0 Å². The topological polar surface area (TPSA) is 66.9 Å². The summed E-state index contributed by atoms with van der Waals surface area (Å²) < 4.78 is 0. The van der Waals surface area contributed by atoms with Crippen molar-refractivity contribution in [2.24, 2.45) is 5.73 Å². The van der Waals surface area contributed by atoms with E-state index >= 15 is 0 Å². The summed E-state index contributed by atoms with van der Waals surface area (Å²) >= 11 is 0. The van der Waals surface area contributed by atoms with Crippen molar-refractivity contribution in [3.8, 4) is 0 Å². The SMILES string of the molecule is N=C(N)c1ccc2c(c1)CCC2=O. The van der Waals surface area contributed by atoms with Crippen molar-refractivity contribution in [3.63, 3.8) is 0 Å². The standard InChI is InChI=1S/C10H10N2O/c11-10(12)7-1-3-8-6(5-7)2-4-9(8)13/h1,3,5H,2,4H2,(H3,11,12). The van der Waals surface area contributed by atoms with Gasteiger partial charge >= 0.3 is 0 Å². The summed E-state index contributed by atoms with van der Waals surface area (Å²) in [6, 6.07) is 5.33. The Balaban J connectivity index is 2.51. The van der Waals surface area contributed by atoms with E-state index in [1.54, 1.807) is 12.1 Å². The summed E-state index contributed by atoms with van der Waals surface area (Å²) in [4.78, 5) is 11.3. The molecule has 0 bridgehead atoms. The molecule has 3 nitrogen and oxygen atoms in total. The van der Waals surface area contributed by atoms with E-state index in [4.69, 9.17) is 11.1 Å². The van der Waals surface area contributed by atoms with Gasteiger partial charge in [-0.3, -0.25) is 10.2 Å². The second-order valence-electron chi connectivity index (χ2n) is 3.21. The van der Waals surface area contributed by atoms with Gasteiger partial charge in [-0.1, -0.05) is 12.1 Å². The molecule has 0 spiro atoms. The fraction of sp³-hybridized carbons (Fsp3) is 0.200. The summed E-state index contributed by atoms with van der Waals surface area (Å²) in [5, 5.41) is 7.24. The van der Waals surface area contributed by atoms with E-state index in [0.29, 0.717) is 12.0 Å². The maximum absolute atomic E-state index is 11.3. The van der Waals surface area contributed by atoms with E-state index in [0.717, 1.165) is 17.5 Å². The van der Waals surface area contributed by atoms with Crippen LogP contribution in [0.3, 0.4) is 0 Å². The second-order valence-corrected chi connectivity index (χ2v) is 3.21. The van der Waals surface area contributed by atoms with Gasteiger partial charge in [-0.2, -0.15) is 0 Å². The van der Waals surface area contributed by atoms with Crippen LogP contribution in [0.1, 0.15) is 27.9 Å². The zero-order valence-electron chi connectivity index (χ0n) is 7.13. The molecule has 1 aliphatic rings. The Bertz CT molecular complexity index is 396. The van der Waals surface area contributed by atoms with Crippen LogP contribution in [0.4, 0.5) is 0 Å². The van der Waals surface area contributed by atoms with Crippen LogP contribution in [-0.2, 0) is 6.42 Å². The van der Waals surface area contributed by atoms with Crippen LogP contribution in [-0.4, -0.2) is 11.6 Å². The fourth-order valence-corrected chi connectivity index (χ4v) is 1.62. The number of nitrogens with two attached hydrogens (primary N) is 1. The number of carbonyl (C=O) groups is 1. The summed E-state index contributed by atoms with van der Waals surface area (Å²) in [7, 11) is 0. The molecule has 0 atom stereocenters. The smallest absolute Gasteiger partial charge is 0.163 e. The van der Waals surface area contributed by atoms with Crippen molar-refractivity contribution in [1.82, 2.24) is 0 Å². The molecule has 1 aromatic carbocycles. The van der Waals surface area contributed by atoms with E-state index in [1.807, 2.05) is 6.07 Å². The Morgan fingerprint density at radius 3 is 2.85 bits per heavy atom. The zero-order valence-corrected chi connectivity index (χ0v) is 7.13. The van der Waals surface area contributed by atoms with Crippen LogP contribution >= 0.6 is 0 Å². The molecule has 0 saturated heterocycles. The Labute approximate surface area is 76.1 Å². The number of benzene rings is 1. The van der Waals surface area contributed by atoms with Gasteiger partial charge in [-0.05, 0) is 18.1 Å². The monoisotopic (exact) mass is 174 g/mol. The van der Waals surface area contributed by atoms with Crippen LogP contribution in [0, 0.1) is 5.41 Å². The highest BCUT2D eigenvalue weighted by atomic mass is 16.1. The number of nitrogen functional groups attached to an aromatic ring is 1. The number of hydrogen-bond acceptors (Lipinski definition) is 2. The molecule has 66 valence electrons. The first-order chi connectivity index (χ1) is 6.18. The number of Topliss-reactive ketones (excluding diaryl/α,β-unsaturated/α-hetero) is 1. The molecule has 0 radical (unpaired) electrons. The van der Waals surface area contributed by atoms with Crippen LogP contribution in [0.2, 0.25) is 0 Å². The number of hydrogen-bond donors (Lipinski definition) is 2. The van der Waals surface area contributed by atoms with Gasteiger partial charge in [0.25, 0.3) is 0 Å².